The molecule has 1 atom stereocenters. The van der Waals surface area contributed by atoms with E-state index in [4.69, 9.17) is 0 Å². The molecular formula is C11H23N. The summed E-state index contributed by atoms with van der Waals surface area (Å²) in [5.74, 6) is 0.844. The minimum Gasteiger partial charge on any atom is -0.311 e. The van der Waals surface area contributed by atoms with Crippen molar-refractivity contribution in [1.29, 1.82) is 0 Å². The zero-order chi connectivity index (χ0) is 9.40. The van der Waals surface area contributed by atoms with Gasteiger partial charge in [-0.15, -0.1) is 6.58 Å². The largest absolute Gasteiger partial charge is 0.311 e. The zero-order valence-corrected chi connectivity index (χ0v) is 8.77. The van der Waals surface area contributed by atoms with Gasteiger partial charge in [-0.3, -0.25) is 0 Å². The topological polar surface area (TPSA) is 12.0 Å². The highest BCUT2D eigenvalue weighted by molar-refractivity contribution is 4.72. The molecule has 0 rings (SSSR count). The van der Waals surface area contributed by atoms with Gasteiger partial charge in [-0.05, 0) is 19.3 Å². The van der Waals surface area contributed by atoms with Crippen molar-refractivity contribution in [3.05, 3.63) is 12.7 Å². The van der Waals surface area contributed by atoms with Crippen LogP contribution in [-0.4, -0.2) is 12.6 Å². The summed E-state index contributed by atoms with van der Waals surface area (Å²) in [7, 11) is 0. The van der Waals surface area contributed by atoms with Crippen LogP contribution in [0.15, 0.2) is 12.7 Å². The molecule has 0 saturated carbocycles. The van der Waals surface area contributed by atoms with E-state index in [9.17, 15) is 0 Å². The molecule has 0 aliphatic heterocycles. The van der Waals surface area contributed by atoms with Crippen LogP contribution in [0.2, 0.25) is 0 Å². The van der Waals surface area contributed by atoms with E-state index in [2.05, 4.69) is 32.7 Å². The van der Waals surface area contributed by atoms with Gasteiger partial charge in [0.25, 0.3) is 0 Å². The van der Waals surface area contributed by atoms with Gasteiger partial charge in [-0.25, -0.2) is 0 Å². The van der Waals surface area contributed by atoms with Gasteiger partial charge in [0.05, 0.1) is 0 Å². The van der Waals surface area contributed by atoms with E-state index in [1.54, 1.807) is 0 Å². The second-order valence-electron chi connectivity index (χ2n) is 3.92. The second-order valence-corrected chi connectivity index (χ2v) is 3.92. The van der Waals surface area contributed by atoms with Crippen LogP contribution in [0.3, 0.4) is 0 Å². The van der Waals surface area contributed by atoms with Crippen molar-refractivity contribution >= 4 is 0 Å². The first-order chi connectivity index (χ1) is 5.66. The number of hydrogen-bond donors (Lipinski definition) is 1. The summed E-state index contributed by atoms with van der Waals surface area (Å²) in [5.41, 5.74) is 0. The molecule has 12 heavy (non-hydrogen) atoms. The Bertz CT molecular complexity index is 108. The average molecular weight is 169 g/mol. The summed E-state index contributed by atoms with van der Waals surface area (Å²) in [6.07, 6.45) is 5.88. The molecule has 0 spiro atoms. The molecule has 0 fully saturated rings. The summed E-state index contributed by atoms with van der Waals surface area (Å²) in [6.45, 7) is 11.4. The Labute approximate surface area is 77.2 Å². The second kappa shape index (κ2) is 7.35. The molecule has 1 N–H and O–H groups in total. The molecule has 0 heterocycles. The van der Waals surface area contributed by atoms with E-state index in [1.165, 1.54) is 19.3 Å². The van der Waals surface area contributed by atoms with Crippen molar-refractivity contribution in [2.75, 3.05) is 6.54 Å². The number of nitrogens with one attached hydrogen (secondary N) is 1. The van der Waals surface area contributed by atoms with Crippen molar-refractivity contribution < 1.29 is 0 Å². The van der Waals surface area contributed by atoms with Crippen LogP contribution in [-0.2, 0) is 0 Å². The SMILES string of the molecule is C=CCN[C@H](C)CCCC(C)C. The van der Waals surface area contributed by atoms with Crippen molar-refractivity contribution in [2.45, 2.75) is 46.1 Å². The third kappa shape index (κ3) is 7.80. The van der Waals surface area contributed by atoms with Gasteiger partial charge < -0.3 is 5.32 Å². The van der Waals surface area contributed by atoms with Crippen LogP contribution in [0, 0.1) is 5.92 Å². The molecule has 0 bridgehead atoms. The Morgan fingerprint density at radius 3 is 2.42 bits per heavy atom. The number of rotatable bonds is 7. The molecule has 0 saturated heterocycles. The monoisotopic (exact) mass is 169 g/mol. The van der Waals surface area contributed by atoms with Crippen LogP contribution in [0.5, 0.6) is 0 Å². The lowest BCUT2D eigenvalue weighted by Gasteiger charge is -2.12. The molecule has 0 radical (unpaired) electrons. The molecule has 1 heteroatoms. The van der Waals surface area contributed by atoms with Gasteiger partial charge in [0, 0.05) is 12.6 Å². The van der Waals surface area contributed by atoms with Crippen molar-refractivity contribution in [1.82, 2.24) is 5.32 Å². The minimum atomic E-state index is 0.641. The van der Waals surface area contributed by atoms with E-state index in [1.807, 2.05) is 6.08 Å². The predicted octanol–water partition coefficient (Wildman–Crippen LogP) is 2.98. The van der Waals surface area contributed by atoms with E-state index < -0.39 is 0 Å². The molecule has 0 aromatic heterocycles. The lowest BCUT2D eigenvalue weighted by atomic mass is 10.0. The molecule has 0 amide bonds. The predicted molar refractivity (Wildman–Crippen MR) is 56.4 cm³/mol. The highest BCUT2D eigenvalue weighted by Crippen LogP contribution is 2.07. The van der Waals surface area contributed by atoms with Gasteiger partial charge in [-0.2, -0.15) is 0 Å². The standard InChI is InChI=1S/C11H23N/c1-5-9-12-11(4)8-6-7-10(2)3/h5,10-12H,1,6-9H2,2-4H3/t11-/m1/s1. The summed E-state index contributed by atoms with van der Waals surface area (Å²) in [5, 5.41) is 3.39. The van der Waals surface area contributed by atoms with E-state index in [-0.39, 0.29) is 0 Å². The molecule has 72 valence electrons. The third-order valence-corrected chi connectivity index (χ3v) is 2.03. The van der Waals surface area contributed by atoms with Gasteiger partial charge in [0.2, 0.25) is 0 Å². The summed E-state index contributed by atoms with van der Waals surface area (Å²) in [4.78, 5) is 0. The quantitative estimate of drug-likeness (QED) is 0.578. The Balaban J connectivity index is 3.18. The van der Waals surface area contributed by atoms with Crippen molar-refractivity contribution in [3.63, 3.8) is 0 Å². The maximum Gasteiger partial charge on any atom is 0.0134 e. The molecule has 0 aromatic carbocycles. The molecular weight excluding hydrogens is 146 g/mol. The Hall–Kier alpha value is -0.300. The lowest BCUT2D eigenvalue weighted by molar-refractivity contribution is 0.471. The molecule has 1 nitrogen and oxygen atoms in total. The Morgan fingerprint density at radius 1 is 1.25 bits per heavy atom. The van der Waals surface area contributed by atoms with E-state index in [0.29, 0.717) is 6.04 Å². The minimum absolute atomic E-state index is 0.641. The number of hydrogen-bond acceptors (Lipinski definition) is 1. The van der Waals surface area contributed by atoms with E-state index >= 15 is 0 Å². The Morgan fingerprint density at radius 2 is 1.92 bits per heavy atom. The van der Waals surface area contributed by atoms with Crippen LogP contribution in [0.25, 0.3) is 0 Å². The summed E-state index contributed by atoms with van der Waals surface area (Å²) in [6, 6.07) is 0.641. The van der Waals surface area contributed by atoms with E-state index in [0.717, 1.165) is 12.5 Å². The van der Waals surface area contributed by atoms with Crippen LogP contribution in [0.4, 0.5) is 0 Å². The van der Waals surface area contributed by atoms with Crippen LogP contribution >= 0.6 is 0 Å². The van der Waals surface area contributed by atoms with Gasteiger partial charge in [-0.1, -0.05) is 32.8 Å². The third-order valence-electron chi connectivity index (χ3n) is 2.03. The summed E-state index contributed by atoms with van der Waals surface area (Å²) >= 11 is 0. The van der Waals surface area contributed by atoms with Gasteiger partial charge >= 0.3 is 0 Å². The van der Waals surface area contributed by atoms with Crippen LogP contribution in [0.1, 0.15) is 40.0 Å². The Kier molecular flexibility index (Phi) is 7.17. The molecule has 0 aromatic rings. The molecule has 0 aliphatic carbocycles. The highest BCUT2D eigenvalue weighted by Gasteiger charge is 2.00. The summed E-state index contributed by atoms with van der Waals surface area (Å²) < 4.78 is 0. The van der Waals surface area contributed by atoms with Crippen molar-refractivity contribution in [2.24, 2.45) is 5.92 Å². The first kappa shape index (κ1) is 11.7. The molecule has 0 aliphatic rings. The van der Waals surface area contributed by atoms with Gasteiger partial charge in [0.1, 0.15) is 0 Å². The maximum atomic E-state index is 3.68. The normalized spacial score (nSPS) is 13.3. The zero-order valence-electron chi connectivity index (χ0n) is 8.77. The average Bonchev–Trinajstić information content (AvgIpc) is 2.00. The fraction of sp³-hybridized carbons (Fsp3) is 0.818. The van der Waals surface area contributed by atoms with Crippen LogP contribution < -0.4 is 5.32 Å². The first-order valence-corrected chi connectivity index (χ1v) is 5.01. The lowest BCUT2D eigenvalue weighted by Crippen LogP contribution is -2.25. The fourth-order valence-corrected chi connectivity index (χ4v) is 1.22. The van der Waals surface area contributed by atoms with Gasteiger partial charge in [0.15, 0.2) is 0 Å². The first-order valence-electron chi connectivity index (χ1n) is 5.01. The highest BCUT2D eigenvalue weighted by atomic mass is 14.9. The smallest absolute Gasteiger partial charge is 0.0134 e. The molecule has 0 unspecified atom stereocenters. The van der Waals surface area contributed by atoms with Crippen molar-refractivity contribution in [3.8, 4) is 0 Å². The maximum absolute atomic E-state index is 3.68. The fourth-order valence-electron chi connectivity index (χ4n) is 1.22.